The number of nitro groups is 1. The number of hydrogen-bond donors (Lipinski definition) is 1. The maximum atomic E-state index is 12.1. The lowest BCUT2D eigenvalue weighted by molar-refractivity contribution is -0.385. The van der Waals surface area contributed by atoms with Crippen LogP contribution in [0, 0.1) is 16.0 Å². The van der Waals surface area contributed by atoms with Crippen molar-refractivity contribution in [2.24, 2.45) is 5.92 Å². The first kappa shape index (κ1) is 13.5. The predicted molar refractivity (Wildman–Crippen MR) is 68.6 cm³/mol. The monoisotopic (exact) mass is 264 g/mol. The zero-order chi connectivity index (χ0) is 13.8. The molecule has 0 aromatic heterocycles. The van der Waals surface area contributed by atoms with Gasteiger partial charge in [-0.3, -0.25) is 14.9 Å². The number of aliphatic hydroxyl groups excluding tert-OH is 1. The van der Waals surface area contributed by atoms with Crippen LogP contribution in [0.15, 0.2) is 24.3 Å². The van der Waals surface area contributed by atoms with E-state index in [1.807, 2.05) is 0 Å². The molecule has 0 spiro atoms. The Hall–Kier alpha value is -1.95. The number of hydrogen-bond acceptors (Lipinski definition) is 4. The molecule has 1 aliphatic heterocycles. The molecular weight excluding hydrogens is 248 g/mol. The van der Waals surface area contributed by atoms with Gasteiger partial charge in [-0.05, 0) is 6.42 Å². The van der Waals surface area contributed by atoms with Crippen LogP contribution >= 0.6 is 0 Å². The van der Waals surface area contributed by atoms with Gasteiger partial charge in [0, 0.05) is 37.2 Å². The molecular formula is C13H16N2O4. The fraction of sp³-hybridized carbons (Fsp3) is 0.462. The normalized spacial score (nSPS) is 18.6. The summed E-state index contributed by atoms with van der Waals surface area (Å²) in [4.78, 5) is 24.1. The van der Waals surface area contributed by atoms with E-state index in [1.54, 1.807) is 23.1 Å². The molecule has 1 aromatic rings. The molecule has 19 heavy (non-hydrogen) atoms. The number of para-hydroxylation sites is 1. The molecule has 102 valence electrons. The quantitative estimate of drug-likeness (QED) is 0.649. The highest BCUT2D eigenvalue weighted by Gasteiger charge is 2.26. The Morgan fingerprint density at radius 3 is 2.84 bits per heavy atom. The average molecular weight is 264 g/mol. The van der Waals surface area contributed by atoms with Gasteiger partial charge in [-0.25, -0.2) is 0 Å². The number of rotatable bonds is 4. The largest absolute Gasteiger partial charge is 0.396 e. The van der Waals surface area contributed by atoms with E-state index in [0.717, 1.165) is 6.42 Å². The Kier molecular flexibility index (Phi) is 4.11. The molecule has 6 nitrogen and oxygen atoms in total. The van der Waals surface area contributed by atoms with Crippen molar-refractivity contribution < 1.29 is 14.8 Å². The van der Waals surface area contributed by atoms with Crippen LogP contribution in [0.1, 0.15) is 12.0 Å². The van der Waals surface area contributed by atoms with Gasteiger partial charge >= 0.3 is 0 Å². The Morgan fingerprint density at radius 1 is 1.47 bits per heavy atom. The first-order chi connectivity index (χ1) is 9.11. The van der Waals surface area contributed by atoms with Crippen LogP contribution < -0.4 is 0 Å². The van der Waals surface area contributed by atoms with E-state index < -0.39 is 4.92 Å². The third kappa shape index (κ3) is 3.08. The van der Waals surface area contributed by atoms with E-state index in [0.29, 0.717) is 18.7 Å². The fourth-order valence-corrected chi connectivity index (χ4v) is 2.32. The lowest BCUT2D eigenvalue weighted by Gasteiger charge is -2.16. The van der Waals surface area contributed by atoms with Crippen molar-refractivity contribution in [1.82, 2.24) is 4.90 Å². The first-order valence-corrected chi connectivity index (χ1v) is 6.22. The number of nitrogens with zero attached hydrogens (tertiary/aromatic N) is 2. The maximum Gasteiger partial charge on any atom is 0.273 e. The van der Waals surface area contributed by atoms with Crippen LogP contribution in [-0.4, -0.2) is 40.5 Å². The van der Waals surface area contributed by atoms with E-state index in [9.17, 15) is 14.9 Å². The molecule has 0 bridgehead atoms. The first-order valence-electron chi connectivity index (χ1n) is 6.22. The summed E-state index contributed by atoms with van der Waals surface area (Å²) < 4.78 is 0. The van der Waals surface area contributed by atoms with Crippen LogP contribution in [-0.2, 0) is 11.2 Å². The summed E-state index contributed by atoms with van der Waals surface area (Å²) >= 11 is 0. The van der Waals surface area contributed by atoms with Crippen molar-refractivity contribution in [3.8, 4) is 0 Å². The van der Waals surface area contributed by atoms with Crippen molar-refractivity contribution in [1.29, 1.82) is 0 Å². The van der Waals surface area contributed by atoms with Crippen LogP contribution in [0.4, 0.5) is 5.69 Å². The zero-order valence-electron chi connectivity index (χ0n) is 10.5. The van der Waals surface area contributed by atoms with Gasteiger partial charge < -0.3 is 10.0 Å². The standard InChI is InChI=1S/C13H16N2O4/c16-9-10-5-6-14(8-10)13(17)7-11-3-1-2-4-12(11)15(18)19/h1-4,10,16H,5-9H2. The van der Waals surface area contributed by atoms with Gasteiger partial charge in [-0.1, -0.05) is 18.2 Å². The van der Waals surface area contributed by atoms with Gasteiger partial charge in [-0.2, -0.15) is 0 Å². The van der Waals surface area contributed by atoms with Crippen molar-refractivity contribution in [3.05, 3.63) is 39.9 Å². The number of benzene rings is 1. The number of likely N-dealkylation sites (tertiary alicyclic amines) is 1. The van der Waals surface area contributed by atoms with Crippen molar-refractivity contribution in [3.63, 3.8) is 0 Å². The Balaban J connectivity index is 2.05. The van der Waals surface area contributed by atoms with Crippen LogP contribution in [0.3, 0.4) is 0 Å². The molecule has 1 saturated heterocycles. The molecule has 1 N–H and O–H groups in total. The highest BCUT2D eigenvalue weighted by molar-refractivity contribution is 5.80. The smallest absolute Gasteiger partial charge is 0.273 e. The zero-order valence-corrected chi connectivity index (χ0v) is 10.5. The highest BCUT2D eigenvalue weighted by Crippen LogP contribution is 2.21. The minimum absolute atomic E-state index is 0.0197. The molecule has 1 aromatic carbocycles. The lowest BCUT2D eigenvalue weighted by atomic mass is 10.1. The van der Waals surface area contributed by atoms with Gasteiger partial charge in [0.1, 0.15) is 0 Å². The average Bonchev–Trinajstić information content (AvgIpc) is 2.88. The molecule has 0 saturated carbocycles. The number of carbonyl (C=O) groups excluding carboxylic acids is 1. The summed E-state index contributed by atoms with van der Waals surface area (Å²) in [7, 11) is 0. The van der Waals surface area contributed by atoms with Gasteiger partial charge in [0.15, 0.2) is 0 Å². The van der Waals surface area contributed by atoms with E-state index in [4.69, 9.17) is 5.11 Å². The van der Waals surface area contributed by atoms with Crippen LogP contribution in [0.2, 0.25) is 0 Å². The van der Waals surface area contributed by atoms with E-state index >= 15 is 0 Å². The number of carbonyl (C=O) groups is 1. The maximum absolute atomic E-state index is 12.1. The Morgan fingerprint density at radius 2 is 2.21 bits per heavy atom. The molecule has 1 amide bonds. The van der Waals surface area contributed by atoms with Crippen molar-refractivity contribution in [2.45, 2.75) is 12.8 Å². The number of nitro benzene ring substituents is 1. The van der Waals surface area contributed by atoms with Gasteiger partial charge in [0.2, 0.25) is 5.91 Å². The SMILES string of the molecule is O=C(Cc1ccccc1[N+](=O)[O-])N1CCC(CO)C1. The summed E-state index contributed by atoms with van der Waals surface area (Å²) in [5.74, 6) is 0.0139. The number of amides is 1. The summed E-state index contributed by atoms with van der Waals surface area (Å²) in [6.07, 6.45) is 0.828. The summed E-state index contributed by atoms with van der Waals surface area (Å²) in [6.45, 7) is 1.23. The van der Waals surface area contributed by atoms with E-state index in [2.05, 4.69) is 0 Å². The molecule has 1 atom stereocenters. The Bertz CT molecular complexity index is 489. The van der Waals surface area contributed by atoms with E-state index in [1.165, 1.54) is 6.07 Å². The molecule has 0 radical (unpaired) electrons. The molecule has 1 unspecified atom stereocenters. The Labute approximate surface area is 110 Å². The predicted octanol–water partition coefficient (Wildman–Crippen LogP) is 0.978. The van der Waals surface area contributed by atoms with Crippen molar-refractivity contribution >= 4 is 11.6 Å². The van der Waals surface area contributed by atoms with Gasteiger partial charge in [-0.15, -0.1) is 0 Å². The topological polar surface area (TPSA) is 83.7 Å². The third-order valence-corrected chi connectivity index (χ3v) is 3.43. The summed E-state index contributed by atoms with van der Waals surface area (Å²) in [5.41, 5.74) is 0.415. The molecule has 6 heteroatoms. The second kappa shape index (κ2) is 5.79. The van der Waals surface area contributed by atoms with Crippen molar-refractivity contribution in [2.75, 3.05) is 19.7 Å². The van der Waals surface area contributed by atoms with Crippen LogP contribution in [0.25, 0.3) is 0 Å². The number of aliphatic hydroxyl groups is 1. The van der Waals surface area contributed by atoms with Crippen LogP contribution in [0.5, 0.6) is 0 Å². The molecule has 1 heterocycles. The lowest BCUT2D eigenvalue weighted by Crippen LogP contribution is -2.30. The van der Waals surface area contributed by atoms with E-state index in [-0.39, 0.29) is 30.5 Å². The minimum Gasteiger partial charge on any atom is -0.396 e. The molecule has 0 aliphatic carbocycles. The molecule has 1 fully saturated rings. The highest BCUT2D eigenvalue weighted by atomic mass is 16.6. The third-order valence-electron chi connectivity index (χ3n) is 3.43. The minimum atomic E-state index is -0.469. The van der Waals surface area contributed by atoms with Gasteiger partial charge in [0.25, 0.3) is 5.69 Å². The summed E-state index contributed by atoms with van der Waals surface area (Å²) in [6, 6.07) is 6.29. The summed E-state index contributed by atoms with van der Waals surface area (Å²) in [5, 5.41) is 19.9. The van der Waals surface area contributed by atoms with Gasteiger partial charge in [0.05, 0.1) is 11.3 Å². The fourth-order valence-electron chi connectivity index (χ4n) is 2.32. The second-order valence-electron chi connectivity index (χ2n) is 4.74. The second-order valence-corrected chi connectivity index (χ2v) is 4.74. The molecule has 2 rings (SSSR count). The molecule has 1 aliphatic rings.